The summed E-state index contributed by atoms with van der Waals surface area (Å²) in [7, 11) is 6.45. The van der Waals surface area contributed by atoms with Crippen LogP contribution in [-0.2, 0) is 6.54 Å². The Bertz CT molecular complexity index is 272. The summed E-state index contributed by atoms with van der Waals surface area (Å²) in [5, 5.41) is 5.61. The molecule has 0 saturated carbocycles. The van der Waals surface area contributed by atoms with Crippen LogP contribution in [0.5, 0.6) is 0 Å². The molecule has 0 fully saturated rings. The smallest absolute Gasteiger partial charge is 0.0300 e. The molecule has 0 aromatic carbocycles. The molecular weight excluding hydrogens is 230 g/mol. The number of hydrogen-bond donors (Lipinski definition) is 1. The second kappa shape index (κ2) is 8.64. The van der Waals surface area contributed by atoms with E-state index in [0.717, 1.165) is 19.6 Å². The molecule has 17 heavy (non-hydrogen) atoms. The maximum absolute atomic E-state index is 3.48. The van der Waals surface area contributed by atoms with E-state index in [-0.39, 0.29) is 0 Å². The summed E-state index contributed by atoms with van der Waals surface area (Å²) >= 11 is 1.82. The van der Waals surface area contributed by atoms with E-state index in [1.165, 1.54) is 24.4 Å². The van der Waals surface area contributed by atoms with Gasteiger partial charge in [0.2, 0.25) is 0 Å². The number of thiophene rings is 1. The van der Waals surface area contributed by atoms with Gasteiger partial charge in [-0.2, -0.15) is 0 Å². The monoisotopic (exact) mass is 255 g/mol. The zero-order chi connectivity index (χ0) is 12.5. The predicted molar refractivity (Wildman–Crippen MR) is 76.7 cm³/mol. The van der Waals surface area contributed by atoms with E-state index < -0.39 is 0 Å². The molecule has 0 radical (unpaired) electrons. The van der Waals surface area contributed by atoms with Crippen molar-refractivity contribution in [2.75, 3.05) is 47.3 Å². The molecule has 0 amide bonds. The molecule has 1 N–H and O–H groups in total. The predicted octanol–water partition coefficient (Wildman–Crippen LogP) is 1.72. The highest BCUT2D eigenvalue weighted by atomic mass is 32.1. The largest absolute Gasteiger partial charge is 0.311 e. The molecule has 4 heteroatoms. The maximum atomic E-state index is 3.48. The Hall–Kier alpha value is -0.420. The van der Waals surface area contributed by atoms with Crippen LogP contribution in [0.2, 0.25) is 0 Å². The van der Waals surface area contributed by atoms with Crippen LogP contribution in [0.4, 0.5) is 0 Å². The molecule has 0 aliphatic heterocycles. The zero-order valence-corrected chi connectivity index (χ0v) is 12.1. The van der Waals surface area contributed by atoms with Gasteiger partial charge in [-0.1, -0.05) is 6.07 Å². The molecule has 0 saturated heterocycles. The lowest BCUT2D eigenvalue weighted by atomic mass is 10.3. The second-order valence-corrected chi connectivity index (χ2v) is 5.75. The molecule has 0 aliphatic carbocycles. The third kappa shape index (κ3) is 7.49. The van der Waals surface area contributed by atoms with Gasteiger partial charge in [-0.25, -0.2) is 0 Å². The first kappa shape index (κ1) is 14.6. The van der Waals surface area contributed by atoms with Crippen LogP contribution in [0, 0.1) is 0 Å². The molecule has 1 rings (SSSR count). The lowest BCUT2D eigenvalue weighted by Gasteiger charge is -2.18. The highest BCUT2D eigenvalue weighted by molar-refractivity contribution is 7.09. The van der Waals surface area contributed by atoms with Gasteiger partial charge in [-0.05, 0) is 52.1 Å². The van der Waals surface area contributed by atoms with Crippen molar-refractivity contribution in [3.63, 3.8) is 0 Å². The van der Waals surface area contributed by atoms with Crippen molar-refractivity contribution >= 4 is 11.3 Å². The van der Waals surface area contributed by atoms with Crippen molar-refractivity contribution < 1.29 is 0 Å². The van der Waals surface area contributed by atoms with Crippen molar-refractivity contribution in [3.8, 4) is 0 Å². The average Bonchev–Trinajstić information content (AvgIpc) is 2.76. The van der Waals surface area contributed by atoms with E-state index in [4.69, 9.17) is 0 Å². The van der Waals surface area contributed by atoms with Gasteiger partial charge in [0, 0.05) is 24.5 Å². The summed E-state index contributed by atoms with van der Waals surface area (Å²) in [6.45, 7) is 5.55. The Morgan fingerprint density at radius 1 is 1.18 bits per heavy atom. The molecule has 0 unspecified atom stereocenters. The summed E-state index contributed by atoms with van der Waals surface area (Å²) in [4.78, 5) is 6.05. The highest BCUT2D eigenvalue weighted by Crippen LogP contribution is 2.06. The van der Waals surface area contributed by atoms with Crippen LogP contribution in [0.25, 0.3) is 0 Å². The van der Waals surface area contributed by atoms with Gasteiger partial charge in [0.15, 0.2) is 0 Å². The third-order valence-corrected chi connectivity index (χ3v) is 3.57. The summed E-state index contributed by atoms with van der Waals surface area (Å²) < 4.78 is 0. The van der Waals surface area contributed by atoms with E-state index >= 15 is 0 Å². The minimum Gasteiger partial charge on any atom is -0.311 e. The van der Waals surface area contributed by atoms with Gasteiger partial charge in [0.1, 0.15) is 0 Å². The van der Waals surface area contributed by atoms with Gasteiger partial charge in [0.25, 0.3) is 0 Å². The van der Waals surface area contributed by atoms with E-state index in [9.17, 15) is 0 Å². The fraction of sp³-hybridized carbons (Fsp3) is 0.692. The van der Waals surface area contributed by atoms with Crippen LogP contribution in [0.1, 0.15) is 11.3 Å². The van der Waals surface area contributed by atoms with Gasteiger partial charge in [-0.15, -0.1) is 11.3 Å². The van der Waals surface area contributed by atoms with Crippen LogP contribution in [-0.4, -0.2) is 57.1 Å². The maximum Gasteiger partial charge on any atom is 0.0300 e. The van der Waals surface area contributed by atoms with Crippen LogP contribution in [0.3, 0.4) is 0 Å². The number of nitrogens with one attached hydrogen (secondary N) is 1. The van der Waals surface area contributed by atoms with E-state index in [0.29, 0.717) is 0 Å². The minimum absolute atomic E-state index is 1.00. The quantitative estimate of drug-likeness (QED) is 0.678. The van der Waals surface area contributed by atoms with E-state index in [1.54, 1.807) is 0 Å². The first-order valence-corrected chi connectivity index (χ1v) is 7.13. The van der Waals surface area contributed by atoms with Crippen molar-refractivity contribution in [2.24, 2.45) is 0 Å². The van der Waals surface area contributed by atoms with Crippen molar-refractivity contribution in [2.45, 2.75) is 13.0 Å². The molecular formula is C13H25N3S. The number of rotatable bonds is 9. The molecule has 0 spiro atoms. The van der Waals surface area contributed by atoms with Crippen molar-refractivity contribution in [3.05, 3.63) is 22.4 Å². The first-order valence-electron chi connectivity index (χ1n) is 6.25. The van der Waals surface area contributed by atoms with Crippen LogP contribution >= 0.6 is 11.3 Å². The molecule has 3 nitrogen and oxygen atoms in total. The minimum atomic E-state index is 1.00. The zero-order valence-electron chi connectivity index (χ0n) is 11.3. The number of hydrogen-bond acceptors (Lipinski definition) is 4. The van der Waals surface area contributed by atoms with Crippen LogP contribution < -0.4 is 5.32 Å². The van der Waals surface area contributed by atoms with Crippen LogP contribution in [0.15, 0.2) is 17.5 Å². The highest BCUT2D eigenvalue weighted by Gasteiger charge is 1.99. The lowest BCUT2D eigenvalue weighted by Crippen LogP contribution is -2.30. The first-order chi connectivity index (χ1) is 8.18. The van der Waals surface area contributed by atoms with Crippen molar-refractivity contribution in [1.29, 1.82) is 0 Å². The summed E-state index contributed by atoms with van der Waals surface area (Å²) in [5.41, 5.74) is 0. The summed E-state index contributed by atoms with van der Waals surface area (Å²) in [6, 6.07) is 4.29. The topological polar surface area (TPSA) is 18.5 Å². The van der Waals surface area contributed by atoms with Gasteiger partial charge in [-0.3, -0.25) is 0 Å². The Morgan fingerprint density at radius 3 is 2.65 bits per heavy atom. The SMILES string of the molecule is CN(C)CCCN(C)CCNCc1cccs1. The lowest BCUT2D eigenvalue weighted by molar-refractivity contribution is 0.299. The van der Waals surface area contributed by atoms with E-state index in [1.807, 2.05) is 11.3 Å². The van der Waals surface area contributed by atoms with Gasteiger partial charge in [0.05, 0.1) is 0 Å². The molecule has 0 bridgehead atoms. The Morgan fingerprint density at radius 2 is 2.00 bits per heavy atom. The number of likely N-dealkylation sites (N-methyl/N-ethyl adjacent to an activating group) is 1. The summed E-state index contributed by atoms with van der Waals surface area (Å²) in [6.07, 6.45) is 1.24. The van der Waals surface area contributed by atoms with Gasteiger partial charge >= 0.3 is 0 Å². The Kier molecular flexibility index (Phi) is 7.44. The molecule has 1 heterocycles. The number of nitrogens with zero attached hydrogens (tertiary/aromatic N) is 2. The fourth-order valence-electron chi connectivity index (χ4n) is 1.66. The Labute approximate surface area is 109 Å². The molecule has 0 aliphatic rings. The van der Waals surface area contributed by atoms with E-state index in [2.05, 4.69) is 53.8 Å². The molecule has 1 aromatic rings. The molecule has 98 valence electrons. The standard InChI is InChI=1S/C13H25N3S/c1-15(2)8-5-9-16(3)10-7-14-12-13-6-4-11-17-13/h4,6,11,14H,5,7-10,12H2,1-3H3. The van der Waals surface area contributed by atoms with Gasteiger partial charge < -0.3 is 15.1 Å². The fourth-order valence-corrected chi connectivity index (χ4v) is 2.34. The van der Waals surface area contributed by atoms with Crippen molar-refractivity contribution in [1.82, 2.24) is 15.1 Å². The molecule has 1 aromatic heterocycles. The second-order valence-electron chi connectivity index (χ2n) is 4.72. The third-order valence-electron chi connectivity index (χ3n) is 2.69. The molecule has 0 atom stereocenters. The normalized spacial score (nSPS) is 11.6. The average molecular weight is 255 g/mol. The summed E-state index contributed by atoms with van der Waals surface area (Å²) in [5.74, 6) is 0. The Balaban J connectivity index is 1.95.